The highest BCUT2D eigenvalue weighted by Gasteiger charge is 2.22. The Balaban J connectivity index is 1.62. The molecular weight excluding hydrogens is 440 g/mol. The molecule has 4 aromatic rings. The van der Waals surface area contributed by atoms with Crippen LogP contribution >= 0.6 is 0 Å². The molecular formula is C28H26N4O3. The molecule has 176 valence electrons. The van der Waals surface area contributed by atoms with Gasteiger partial charge in [-0.3, -0.25) is 4.90 Å². The lowest BCUT2D eigenvalue weighted by Crippen LogP contribution is -2.21. The largest absolute Gasteiger partial charge is 0.494 e. The Morgan fingerprint density at radius 2 is 1.80 bits per heavy atom. The number of rotatable bonds is 7. The van der Waals surface area contributed by atoms with E-state index in [9.17, 15) is 10.4 Å². The van der Waals surface area contributed by atoms with E-state index in [0.29, 0.717) is 33.9 Å². The molecule has 0 fully saturated rings. The zero-order chi connectivity index (χ0) is 24.4. The monoisotopic (exact) mass is 466 g/mol. The number of aromatic nitrogens is 1. The first kappa shape index (κ1) is 22.5. The average Bonchev–Trinajstić information content (AvgIpc) is 3.49. The second-order valence-corrected chi connectivity index (χ2v) is 8.38. The summed E-state index contributed by atoms with van der Waals surface area (Å²) in [5.41, 5.74) is 5.10. The van der Waals surface area contributed by atoms with Crippen molar-refractivity contribution >= 4 is 22.3 Å². The minimum absolute atomic E-state index is 0.00957. The number of H-pyrrole nitrogens is 1. The lowest BCUT2D eigenvalue weighted by Gasteiger charge is -2.17. The van der Waals surface area contributed by atoms with Crippen LogP contribution in [0, 0.1) is 11.3 Å². The van der Waals surface area contributed by atoms with E-state index in [0.717, 1.165) is 36.3 Å². The summed E-state index contributed by atoms with van der Waals surface area (Å²) in [6.45, 7) is 7.38. The number of aromatic amines is 1. The standard InChI is InChI=1S/C28H26N4O3/c1-3-32(4-2)16-18-5-9-21(10-6-18)30-27(20-8-12-24-25(14-20)35-17-34-24)26-22-11-7-19(15-29)13-23(22)31-28(26)33/h5-14,31,33H,3-4,16-17H2,1-2H3. The molecule has 0 unspecified atom stereocenters. The summed E-state index contributed by atoms with van der Waals surface area (Å²) in [5.74, 6) is 1.30. The van der Waals surface area contributed by atoms with Crippen LogP contribution in [-0.2, 0) is 6.54 Å². The third-order valence-electron chi connectivity index (χ3n) is 6.27. The maximum atomic E-state index is 10.9. The van der Waals surface area contributed by atoms with Crippen molar-refractivity contribution in [3.63, 3.8) is 0 Å². The minimum Gasteiger partial charge on any atom is -0.494 e. The zero-order valence-corrected chi connectivity index (χ0v) is 19.7. The Morgan fingerprint density at radius 1 is 1.03 bits per heavy atom. The van der Waals surface area contributed by atoms with Gasteiger partial charge in [-0.25, -0.2) is 4.99 Å². The van der Waals surface area contributed by atoms with Crippen LogP contribution < -0.4 is 9.47 Å². The van der Waals surface area contributed by atoms with Crippen molar-refractivity contribution in [2.24, 2.45) is 4.99 Å². The Hall–Kier alpha value is -4.28. The van der Waals surface area contributed by atoms with E-state index in [-0.39, 0.29) is 12.7 Å². The molecule has 5 rings (SSSR count). The molecule has 2 heterocycles. The molecule has 0 radical (unpaired) electrons. The normalized spacial score (nSPS) is 12.9. The lowest BCUT2D eigenvalue weighted by molar-refractivity contribution is 0.174. The van der Waals surface area contributed by atoms with E-state index in [4.69, 9.17) is 14.5 Å². The fraction of sp³-hybridized carbons (Fsp3) is 0.214. The van der Waals surface area contributed by atoms with Crippen LogP contribution in [0.3, 0.4) is 0 Å². The number of fused-ring (bicyclic) bond motifs is 2. The first-order valence-electron chi connectivity index (χ1n) is 11.6. The first-order chi connectivity index (χ1) is 17.1. The van der Waals surface area contributed by atoms with Gasteiger partial charge in [0.25, 0.3) is 0 Å². The summed E-state index contributed by atoms with van der Waals surface area (Å²) >= 11 is 0. The quantitative estimate of drug-likeness (QED) is 0.352. The van der Waals surface area contributed by atoms with Gasteiger partial charge in [0.05, 0.1) is 34.1 Å². The average molecular weight is 467 g/mol. The van der Waals surface area contributed by atoms with Crippen LogP contribution in [0.25, 0.3) is 10.9 Å². The van der Waals surface area contributed by atoms with Crippen molar-refractivity contribution in [2.45, 2.75) is 20.4 Å². The maximum absolute atomic E-state index is 10.9. The van der Waals surface area contributed by atoms with Crippen LogP contribution in [0.5, 0.6) is 17.4 Å². The summed E-state index contributed by atoms with van der Waals surface area (Å²) in [6, 6.07) is 21.2. The van der Waals surface area contributed by atoms with E-state index < -0.39 is 0 Å². The molecule has 0 saturated carbocycles. The summed E-state index contributed by atoms with van der Waals surface area (Å²) in [7, 11) is 0. The van der Waals surface area contributed by atoms with Crippen molar-refractivity contribution in [3.05, 3.63) is 82.9 Å². The molecule has 3 aromatic carbocycles. The molecule has 35 heavy (non-hydrogen) atoms. The number of benzene rings is 3. The maximum Gasteiger partial charge on any atom is 0.231 e. The van der Waals surface area contributed by atoms with Gasteiger partial charge >= 0.3 is 0 Å². The van der Waals surface area contributed by atoms with Gasteiger partial charge in [-0.05, 0) is 61.1 Å². The van der Waals surface area contributed by atoms with Crippen LogP contribution in [0.4, 0.5) is 5.69 Å². The molecule has 0 aliphatic carbocycles. The van der Waals surface area contributed by atoms with E-state index >= 15 is 0 Å². The summed E-state index contributed by atoms with van der Waals surface area (Å²) in [5, 5.41) is 21.0. The smallest absolute Gasteiger partial charge is 0.231 e. The molecule has 7 heteroatoms. The second kappa shape index (κ2) is 9.53. The SMILES string of the molecule is CCN(CC)Cc1ccc(N=C(c2ccc3c(c2)OCO3)c2c(O)[nH]c3cc(C#N)ccc23)cc1. The van der Waals surface area contributed by atoms with Crippen molar-refractivity contribution in [3.8, 4) is 23.4 Å². The molecule has 7 nitrogen and oxygen atoms in total. The van der Waals surface area contributed by atoms with Gasteiger partial charge in [-0.15, -0.1) is 0 Å². The molecule has 0 bridgehead atoms. The van der Waals surface area contributed by atoms with Gasteiger partial charge in [-0.1, -0.05) is 32.0 Å². The molecule has 0 spiro atoms. The number of nitrogens with zero attached hydrogens (tertiary/aromatic N) is 3. The van der Waals surface area contributed by atoms with Gasteiger partial charge in [0, 0.05) is 17.5 Å². The topological polar surface area (TPSA) is 93.9 Å². The Labute approximate surface area is 203 Å². The highest BCUT2D eigenvalue weighted by atomic mass is 16.7. The van der Waals surface area contributed by atoms with Crippen LogP contribution in [0.1, 0.15) is 36.1 Å². The molecule has 0 atom stereocenters. The number of hydrogen-bond acceptors (Lipinski definition) is 6. The predicted molar refractivity (Wildman–Crippen MR) is 136 cm³/mol. The number of hydrogen-bond donors (Lipinski definition) is 2. The van der Waals surface area contributed by atoms with E-state index in [1.807, 2.05) is 36.4 Å². The number of nitrogens with one attached hydrogen (secondary N) is 1. The molecule has 0 saturated heterocycles. The summed E-state index contributed by atoms with van der Waals surface area (Å²) in [4.78, 5) is 10.3. The van der Waals surface area contributed by atoms with Gasteiger partial charge < -0.3 is 19.6 Å². The number of ether oxygens (including phenoxy) is 2. The Bertz CT molecular complexity index is 1440. The van der Waals surface area contributed by atoms with Crippen LogP contribution in [-0.4, -0.2) is 40.6 Å². The van der Waals surface area contributed by atoms with Crippen molar-refractivity contribution in [1.82, 2.24) is 9.88 Å². The summed E-state index contributed by atoms with van der Waals surface area (Å²) < 4.78 is 11.1. The third kappa shape index (κ3) is 4.44. The van der Waals surface area contributed by atoms with Gasteiger partial charge in [0.2, 0.25) is 6.79 Å². The van der Waals surface area contributed by atoms with E-state index in [1.165, 1.54) is 5.56 Å². The fourth-order valence-corrected chi connectivity index (χ4v) is 4.31. The zero-order valence-electron chi connectivity index (χ0n) is 19.7. The number of aromatic hydroxyl groups is 1. The minimum atomic E-state index is -0.00957. The Kier molecular flexibility index (Phi) is 6.13. The molecule has 1 aromatic heterocycles. The van der Waals surface area contributed by atoms with Gasteiger partial charge in [-0.2, -0.15) is 5.26 Å². The highest BCUT2D eigenvalue weighted by molar-refractivity contribution is 6.22. The van der Waals surface area contributed by atoms with Crippen LogP contribution in [0.2, 0.25) is 0 Å². The molecule has 1 aliphatic rings. The summed E-state index contributed by atoms with van der Waals surface area (Å²) in [6.07, 6.45) is 0. The van der Waals surface area contributed by atoms with Crippen molar-refractivity contribution < 1.29 is 14.6 Å². The van der Waals surface area contributed by atoms with Crippen molar-refractivity contribution in [1.29, 1.82) is 5.26 Å². The highest BCUT2D eigenvalue weighted by Crippen LogP contribution is 2.36. The molecule has 2 N–H and O–H groups in total. The number of aliphatic imine (C=N–C) groups is 1. The predicted octanol–water partition coefficient (Wildman–Crippen LogP) is 5.48. The number of nitriles is 1. The van der Waals surface area contributed by atoms with E-state index in [1.54, 1.807) is 12.1 Å². The third-order valence-corrected chi connectivity index (χ3v) is 6.27. The molecule has 0 amide bonds. The van der Waals surface area contributed by atoms with E-state index in [2.05, 4.69) is 41.9 Å². The fourth-order valence-electron chi connectivity index (χ4n) is 4.31. The second-order valence-electron chi connectivity index (χ2n) is 8.38. The lowest BCUT2D eigenvalue weighted by atomic mass is 9.99. The Morgan fingerprint density at radius 3 is 2.54 bits per heavy atom. The van der Waals surface area contributed by atoms with Crippen LogP contribution in [0.15, 0.2) is 65.7 Å². The molecule has 1 aliphatic heterocycles. The van der Waals surface area contributed by atoms with Crippen molar-refractivity contribution in [2.75, 3.05) is 19.9 Å². The van der Waals surface area contributed by atoms with Gasteiger partial charge in [0.15, 0.2) is 17.4 Å². The van der Waals surface area contributed by atoms with Gasteiger partial charge in [0.1, 0.15) is 0 Å². The first-order valence-corrected chi connectivity index (χ1v) is 11.6.